The van der Waals surface area contributed by atoms with Gasteiger partial charge in [0, 0.05) is 17.8 Å². The van der Waals surface area contributed by atoms with Crippen LogP contribution >= 0.6 is 23.5 Å². The molecule has 1 aliphatic heterocycles. The molecule has 8 heteroatoms. The van der Waals surface area contributed by atoms with E-state index >= 15 is 0 Å². The Morgan fingerprint density at radius 1 is 1.11 bits per heavy atom. The van der Waals surface area contributed by atoms with Gasteiger partial charge >= 0.3 is 0 Å². The molecule has 0 fully saturated rings. The lowest BCUT2D eigenvalue weighted by Gasteiger charge is -2.23. The quantitative estimate of drug-likeness (QED) is 0.510. The Bertz CT molecular complexity index is 1030. The normalized spacial score (nSPS) is 14.1. The van der Waals surface area contributed by atoms with Crippen molar-refractivity contribution in [3.63, 3.8) is 0 Å². The van der Waals surface area contributed by atoms with Gasteiger partial charge in [-0.25, -0.2) is 9.38 Å². The Morgan fingerprint density at radius 3 is 2.86 bits per heavy atom. The predicted molar refractivity (Wildman–Crippen MR) is 113 cm³/mol. The van der Waals surface area contributed by atoms with E-state index in [2.05, 4.69) is 25.3 Å². The molecule has 0 unspecified atom stereocenters. The number of aromatic nitrogens is 1. The molecule has 3 aromatic rings. The maximum Gasteiger partial charge on any atom is 0.206 e. The molecule has 0 bridgehead atoms. The van der Waals surface area contributed by atoms with Gasteiger partial charge < -0.3 is 10.6 Å². The highest BCUT2D eigenvalue weighted by atomic mass is 35.5. The van der Waals surface area contributed by atoms with Crippen molar-refractivity contribution in [2.24, 2.45) is 4.99 Å². The Morgan fingerprint density at radius 2 is 2.00 bits per heavy atom. The van der Waals surface area contributed by atoms with E-state index in [9.17, 15) is 4.39 Å². The van der Waals surface area contributed by atoms with Crippen LogP contribution in [0.1, 0.15) is 11.3 Å². The van der Waals surface area contributed by atoms with Crippen LogP contribution in [0.3, 0.4) is 0 Å². The molecule has 0 atom stereocenters. The zero-order valence-electron chi connectivity index (χ0n) is 14.7. The van der Waals surface area contributed by atoms with Gasteiger partial charge in [-0.1, -0.05) is 35.9 Å². The molecule has 5 nitrogen and oxygen atoms in total. The SMILES string of the molecule is Fc1cccnc1CN=C1NSc2cccc(NCc3ccccc3Cl)c2N1. The van der Waals surface area contributed by atoms with E-state index in [1.54, 1.807) is 12.3 Å². The summed E-state index contributed by atoms with van der Waals surface area (Å²) in [5.74, 6) is 0.187. The van der Waals surface area contributed by atoms with E-state index in [4.69, 9.17) is 11.6 Å². The van der Waals surface area contributed by atoms with E-state index in [1.807, 2.05) is 42.5 Å². The number of pyridine rings is 1. The Labute approximate surface area is 171 Å². The lowest BCUT2D eigenvalue weighted by atomic mass is 10.2. The van der Waals surface area contributed by atoms with Crippen LogP contribution < -0.4 is 15.4 Å². The van der Waals surface area contributed by atoms with Crippen LogP contribution in [0.2, 0.25) is 5.02 Å². The molecule has 142 valence electrons. The van der Waals surface area contributed by atoms with E-state index in [1.165, 1.54) is 18.0 Å². The first-order valence-electron chi connectivity index (χ1n) is 8.65. The average Bonchev–Trinajstić information content (AvgIpc) is 2.72. The summed E-state index contributed by atoms with van der Waals surface area (Å²) >= 11 is 7.70. The summed E-state index contributed by atoms with van der Waals surface area (Å²) < 4.78 is 16.9. The molecule has 1 aromatic heterocycles. The number of guanidine groups is 1. The number of hydrogen-bond donors (Lipinski definition) is 3. The molecule has 2 heterocycles. The first kappa shape index (κ1) is 18.6. The lowest BCUT2D eigenvalue weighted by Crippen LogP contribution is -2.30. The van der Waals surface area contributed by atoms with Gasteiger partial charge in [0.1, 0.15) is 5.82 Å². The molecule has 3 N–H and O–H groups in total. The Hall–Kier alpha value is -2.77. The molecular formula is C20H17ClFN5S. The van der Waals surface area contributed by atoms with E-state index in [0.29, 0.717) is 18.2 Å². The van der Waals surface area contributed by atoms with Crippen LogP contribution in [0.25, 0.3) is 0 Å². The zero-order chi connectivity index (χ0) is 19.3. The van der Waals surface area contributed by atoms with Gasteiger partial charge in [0.2, 0.25) is 5.96 Å². The number of benzene rings is 2. The van der Waals surface area contributed by atoms with Crippen molar-refractivity contribution < 1.29 is 4.39 Å². The molecule has 2 aromatic carbocycles. The minimum atomic E-state index is -0.363. The summed E-state index contributed by atoms with van der Waals surface area (Å²) in [6.45, 7) is 0.745. The fourth-order valence-corrected chi connectivity index (χ4v) is 3.67. The number of para-hydroxylation sites is 1. The summed E-state index contributed by atoms with van der Waals surface area (Å²) in [6, 6.07) is 16.7. The molecule has 1 aliphatic rings. The van der Waals surface area contributed by atoms with E-state index < -0.39 is 0 Å². The second-order valence-electron chi connectivity index (χ2n) is 6.05. The Balaban J connectivity index is 1.50. The monoisotopic (exact) mass is 413 g/mol. The second-order valence-corrected chi connectivity index (χ2v) is 7.30. The summed E-state index contributed by atoms with van der Waals surface area (Å²) in [7, 11) is 0. The molecule has 0 spiro atoms. The van der Waals surface area contributed by atoms with Crippen molar-refractivity contribution in [2.45, 2.75) is 18.0 Å². The van der Waals surface area contributed by atoms with E-state index in [-0.39, 0.29) is 12.4 Å². The first-order chi connectivity index (χ1) is 13.7. The van der Waals surface area contributed by atoms with Crippen LogP contribution in [-0.4, -0.2) is 10.9 Å². The summed E-state index contributed by atoms with van der Waals surface area (Å²) in [5, 5.41) is 7.42. The molecule has 0 amide bonds. The number of halogens is 2. The number of hydrogen-bond acceptors (Lipinski definition) is 4. The molecule has 28 heavy (non-hydrogen) atoms. The molecule has 0 radical (unpaired) electrons. The highest BCUT2D eigenvalue weighted by Crippen LogP contribution is 2.35. The Kier molecular flexibility index (Phi) is 5.64. The van der Waals surface area contributed by atoms with Crippen molar-refractivity contribution in [3.05, 3.63) is 82.9 Å². The third kappa shape index (κ3) is 4.21. The van der Waals surface area contributed by atoms with Crippen molar-refractivity contribution >= 4 is 40.9 Å². The van der Waals surface area contributed by atoms with Gasteiger partial charge in [-0.15, -0.1) is 0 Å². The van der Waals surface area contributed by atoms with Gasteiger partial charge in [0.05, 0.1) is 28.5 Å². The fraction of sp³-hybridized carbons (Fsp3) is 0.100. The topological polar surface area (TPSA) is 61.3 Å². The van der Waals surface area contributed by atoms with Crippen molar-refractivity contribution in [2.75, 3.05) is 10.6 Å². The lowest BCUT2D eigenvalue weighted by molar-refractivity contribution is 0.600. The molecular weight excluding hydrogens is 397 g/mol. The van der Waals surface area contributed by atoms with Gasteiger partial charge in [-0.3, -0.25) is 9.71 Å². The number of nitrogens with one attached hydrogen (secondary N) is 3. The summed E-state index contributed by atoms with van der Waals surface area (Å²) in [4.78, 5) is 9.47. The van der Waals surface area contributed by atoms with Crippen LogP contribution in [0.5, 0.6) is 0 Å². The number of rotatable bonds is 5. The third-order valence-corrected chi connectivity index (χ3v) is 5.40. The van der Waals surface area contributed by atoms with Gasteiger partial charge in [-0.2, -0.15) is 0 Å². The van der Waals surface area contributed by atoms with Gasteiger partial charge in [0.25, 0.3) is 0 Å². The predicted octanol–water partition coefficient (Wildman–Crippen LogP) is 5.06. The van der Waals surface area contributed by atoms with Crippen molar-refractivity contribution in [3.8, 4) is 0 Å². The number of anilines is 2. The number of aliphatic imine (C=N–C) groups is 1. The standard InChI is InChI=1S/C20H17ClFN5S/c21-14-6-2-1-5-13(14)11-24-16-8-3-9-18-19(16)26-20(27-28-18)25-12-17-15(22)7-4-10-23-17/h1-10,24H,11-12H2,(H2,25,26,27). The average molecular weight is 414 g/mol. The fourth-order valence-electron chi connectivity index (χ4n) is 2.73. The molecule has 0 saturated carbocycles. The first-order valence-corrected chi connectivity index (χ1v) is 9.84. The number of fused-ring (bicyclic) bond motifs is 1. The van der Waals surface area contributed by atoms with Crippen LogP contribution in [0.4, 0.5) is 15.8 Å². The van der Waals surface area contributed by atoms with Crippen LogP contribution in [-0.2, 0) is 13.1 Å². The largest absolute Gasteiger partial charge is 0.379 e. The maximum atomic E-state index is 13.7. The smallest absolute Gasteiger partial charge is 0.206 e. The maximum absolute atomic E-state index is 13.7. The van der Waals surface area contributed by atoms with Gasteiger partial charge in [0.15, 0.2) is 0 Å². The highest BCUT2D eigenvalue weighted by Gasteiger charge is 2.17. The third-order valence-electron chi connectivity index (χ3n) is 4.18. The summed E-state index contributed by atoms with van der Waals surface area (Å²) in [6.07, 6.45) is 1.56. The highest BCUT2D eigenvalue weighted by molar-refractivity contribution is 7.98. The second kappa shape index (κ2) is 8.50. The van der Waals surface area contributed by atoms with Gasteiger partial charge in [-0.05, 0) is 47.8 Å². The van der Waals surface area contributed by atoms with Crippen molar-refractivity contribution in [1.29, 1.82) is 0 Å². The van der Waals surface area contributed by atoms with Crippen LogP contribution in [0.15, 0.2) is 70.7 Å². The molecule has 0 saturated heterocycles. The number of nitrogens with zero attached hydrogens (tertiary/aromatic N) is 2. The van der Waals surface area contributed by atoms with Crippen molar-refractivity contribution in [1.82, 2.24) is 9.71 Å². The molecule has 4 rings (SSSR count). The minimum absolute atomic E-state index is 0.146. The summed E-state index contributed by atoms with van der Waals surface area (Å²) in [5.41, 5.74) is 3.17. The van der Waals surface area contributed by atoms with E-state index in [0.717, 1.165) is 26.9 Å². The molecule has 0 aliphatic carbocycles. The minimum Gasteiger partial charge on any atom is -0.379 e. The van der Waals surface area contributed by atoms with Crippen LogP contribution in [0, 0.1) is 5.82 Å². The zero-order valence-corrected chi connectivity index (χ0v) is 16.3.